The van der Waals surface area contributed by atoms with Crippen LogP contribution in [0.25, 0.3) is 0 Å². The summed E-state index contributed by atoms with van der Waals surface area (Å²) in [5, 5.41) is 0. The molecule has 0 saturated carbocycles. The van der Waals surface area contributed by atoms with Crippen LogP contribution in [-0.4, -0.2) is 37.2 Å². The van der Waals surface area contributed by atoms with Crippen molar-refractivity contribution in [2.45, 2.75) is 335 Å². The molecule has 0 aliphatic rings. The van der Waals surface area contributed by atoms with Gasteiger partial charge in [0.05, 0.1) is 0 Å². The van der Waals surface area contributed by atoms with Gasteiger partial charge in [0.2, 0.25) is 0 Å². The fourth-order valence-corrected chi connectivity index (χ4v) is 9.67. The molecule has 0 radical (unpaired) electrons. The number of rotatable bonds is 62. The first-order valence-corrected chi connectivity index (χ1v) is 34.4. The number of unbranched alkanes of at least 4 members (excludes halogenated alkanes) is 33. The van der Waals surface area contributed by atoms with E-state index in [2.05, 4.69) is 130 Å². The van der Waals surface area contributed by atoms with Gasteiger partial charge in [0, 0.05) is 19.3 Å². The van der Waals surface area contributed by atoms with E-state index in [9.17, 15) is 14.4 Å². The van der Waals surface area contributed by atoms with Gasteiger partial charge in [-0.15, -0.1) is 0 Å². The van der Waals surface area contributed by atoms with Crippen LogP contribution < -0.4 is 0 Å². The molecule has 0 heterocycles. The van der Waals surface area contributed by atoms with Crippen molar-refractivity contribution >= 4 is 17.9 Å². The van der Waals surface area contributed by atoms with Gasteiger partial charge in [-0.05, 0) is 116 Å². The first kappa shape index (κ1) is 77.1. The van der Waals surface area contributed by atoms with Gasteiger partial charge >= 0.3 is 17.9 Å². The number of hydrogen-bond acceptors (Lipinski definition) is 6. The summed E-state index contributed by atoms with van der Waals surface area (Å²) in [5.41, 5.74) is 0. The summed E-state index contributed by atoms with van der Waals surface area (Å²) in [6, 6.07) is 0. The van der Waals surface area contributed by atoms with Gasteiger partial charge < -0.3 is 14.2 Å². The second-order valence-corrected chi connectivity index (χ2v) is 22.7. The summed E-state index contributed by atoms with van der Waals surface area (Å²) in [6.07, 6.45) is 94.2. The first-order chi connectivity index (χ1) is 40.0. The van der Waals surface area contributed by atoms with Crippen molar-refractivity contribution in [1.29, 1.82) is 0 Å². The van der Waals surface area contributed by atoms with Gasteiger partial charge in [-0.25, -0.2) is 0 Å². The average molecular weight is 1130 g/mol. The Morgan fingerprint density at radius 1 is 0.259 bits per heavy atom. The lowest BCUT2D eigenvalue weighted by molar-refractivity contribution is -0.167. The van der Waals surface area contributed by atoms with Gasteiger partial charge in [-0.2, -0.15) is 0 Å². The second-order valence-electron chi connectivity index (χ2n) is 22.7. The molecular weight excluding hydrogens is 997 g/mol. The third-order valence-corrected chi connectivity index (χ3v) is 14.7. The van der Waals surface area contributed by atoms with Crippen LogP contribution in [0.3, 0.4) is 0 Å². The molecule has 1 unspecified atom stereocenters. The van der Waals surface area contributed by atoms with Crippen LogP contribution in [0.2, 0.25) is 0 Å². The van der Waals surface area contributed by atoms with E-state index in [4.69, 9.17) is 14.2 Å². The minimum atomic E-state index is -0.792. The second kappa shape index (κ2) is 68.6. The number of carbonyl (C=O) groups is 3. The van der Waals surface area contributed by atoms with E-state index in [1.54, 1.807) is 0 Å². The molecule has 0 aromatic rings. The van der Waals surface area contributed by atoms with Crippen molar-refractivity contribution in [1.82, 2.24) is 0 Å². The molecule has 0 rings (SSSR count). The highest BCUT2D eigenvalue weighted by Gasteiger charge is 2.19. The van der Waals surface area contributed by atoms with Crippen molar-refractivity contribution in [3.05, 3.63) is 109 Å². The zero-order valence-electron chi connectivity index (χ0n) is 53.3. The molecule has 0 spiro atoms. The van der Waals surface area contributed by atoms with E-state index in [1.165, 1.54) is 135 Å². The molecule has 0 aromatic carbocycles. The molecule has 0 amide bonds. The van der Waals surface area contributed by atoms with Crippen LogP contribution in [0.5, 0.6) is 0 Å². The van der Waals surface area contributed by atoms with E-state index in [1.807, 2.05) is 0 Å². The lowest BCUT2D eigenvalue weighted by atomic mass is 10.0. The third-order valence-electron chi connectivity index (χ3n) is 14.7. The van der Waals surface area contributed by atoms with E-state index in [0.29, 0.717) is 19.3 Å². The van der Waals surface area contributed by atoms with E-state index in [-0.39, 0.29) is 31.1 Å². The zero-order chi connectivity index (χ0) is 58.5. The Hall–Kier alpha value is -3.93. The van der Waals surface area contributed by atoms with Gasteiger partial charge in [-0.1, -0.05) is 304 Å². The first-order valence-electron chi connectivity index (χ1n) is 34.4. The van der Waals surface area contributed by atoms with Gasteiger partial charge in [0.25, 0.3) is 0 Å². The molecule has 81 heavy (non-hydrogen) atoms. The Balaban J connectivity index is 4.11. The van der Waals surface area contributed by atoms with E-state index >= 15 is 0 Å². The maximum absolute atomic E-state index is 12.9. The Kier molecular flexibility index (Phi) is 65.2. The smallest absolute Gasteiger partial charge is 0.306 e. The molecule has 1 atom stereocenters. The van der Waals surface area contributed by atoms with Crippen molar-refractivity contribution in [2.24, 2.45) is 0 Å². The fourth-order valence-electron chi connectivity index (χ4n) is 9.67. The molecule has 0 saturated heterocycles. The largest absolute Gasteiger partial charge is 0.462 e. The molecule has 6 heteroatoms. The van der Waals surface area contributed by atoms with Crippen molar-refractivity contribution < 1.29 is 28.6 Å². The topological polar surface area (TPSA) is 78.9 Å². The minimum absolute atomic E-state index is 0.0869. The average Bonchev–Trinajstić information content (AvgIpc) is 3.46. The fraction of sp³-hybridized carbons (Fsp3) is 0.720. The predicted molar refractivity (Wildman–Crippen MR) is 353 cm³/mol. The SMILES string of the molecule is CC/C=C\C/C=C\C/C=C\C/C=C\CCCCCCCCCCCCCCCCCCCCCCCCC(=O)OCC(COC(=O)CCCCCCC/C=C\C/C=C\CCC)OC(=O)CCCCCCC/C=C\C/C=C\C/C=C\CC. The monoisotopic (exact) mass is 1120 g/mol. The van der Waals surface area contributed by atoms with E-state index in [0.717, 1.165) is 154 Å². The van der Waals surface area contributed by atoms with Crippen LogP contribution in [0.15, 0.2) is 109 Å². The van der Waals surface area contributed by atoms with Crippen LogP contribution in [0.4, 0.5) is 0 Å². The number of esters is 3. The van der Waals surface area contributed by atoms with Crippen LogP contribution in [0.1, 0.15) is 329 Å². The lowest BCUT2D eigenvalue weighted by Crippen LogP contribution is -2.30. The summed E-state index contributed by atoms with van der Waals surface area (Å²) in [6.45, 7) is 6.35. The lowest BCUT2D eigenvalue weighted by Gasteiger charge is -2.18. The Bertz CT molecular complexity index is 1620. The van der Waals surface area contributed by atoms with E-state index < -0.39 is 6.10 Å². The standard InChI is InChI=1S/C75H128O6/c1-4-7-10-13-16-19-22-25-27-28-29-30-31-32-33-34-35-36-37-38-39-40-41-42-43-44-45-46-48-50-53-56-59-62-65-68-74(77)80-71-72(70-79-73(76)67-64-61-58-55-52-49-24-21-18-15-12-9-6-3)81-75(78)69-66-63-60-57-54-51-47-26-23-20-17-14-11-8-5-2/h7-8,10-12,15-17,19-21,24-27,29-30,47,72H,4-6,9,13-14,18,22-23,28,31-46,48-71H2,1-3H3/b10-7-,11-8-,15-12-,19-16-,20-17-,24-21-,27-25-,30-29-,47-26-. The highest BCUT2D eigenvalue weighted by molar-refractivity contribution is 5.71. The zero-order valence-corrected chi connectivity index (χ0v) is 53.3. The molecular formula is C75H128O6. The Morgan fingerprint density at radius 3 is 0.753 bits per heavy atom. The maximum Gasteiger partial charge on any atom is 0.306 e. The third kappa shape index (κ3) is 66.8. The van der Waals surface area contributed by atoms with Crippen LogP contribution >= 0.6 is 0 Å². The van der Waals surface area contributed by atoms with Gasteiger partial charge in [0.15, 0.2) is 6.10 Å². The quantitative estimate of drug-likeness (QED) is 0.0261. The molecule has 0 fully saturated rings. The summed E-state index contributed by atoms with van der Waals surface area (Å²) in [4.78, 5) is 38.3. The summed E-state index contributed by atoms with van der Waals surface area (Å²) >= 11 is 0. The van der Waals surface area contributed by atoms with Crippen molar-refractivity contribution in [2.75, 3.05) is 13.2 Å². The number of ether oxygens (including phenoxy) is 3. The Labute approximate surface area is 501 Å². The van der Waals surface area contributed by atoms with Crippen molar-refractivity contribution in [3.63, 3.8) is 0 Å². The maximum atomic E-state index is 12.9. The highest BCUT2D eigenvalue weighted by Crippen LogP contribution is 2.17. The molecule has 0 aliphatic carbocycles. The van der Waals surface area contributed by atoms with Crippen LogP contribution in [0, 0.1) is 0 Å². The summed E-state index contributed by atoms with van der Waals surface area (Å²) < 4.78 is 16.9. The molecule has 0 N–H and O–H groups in total. The summed E-state index contributed by atoms with van der Waals surface area (Å²) in [7, 11) is 0. The highest BCUT2D eigenvalue weighted by atomic mass is 16.6. The predicted octanol–water partition coefficient (Wildman–Crippen LogP) is 23.8. The molecule has 6 nitrogen and oxygen atoms in total. The number of allylic oxidation sites excluding steroid dienone is 18. The molecule has 0 aliphatic heterocycles. The molecule has 0 bridgehead atoms. The minimum Gasteiger partial charge on any atom is -0.462 e. The molecule has 464 valence electrons. The normalized spacial score (nSPS) is 12.8. The summed E-state index contributed by atoms with van der Waals surface area (Å²) in [5.74, 6) is -0.908. The van der Waals surface area contributed by atoms with Gasteiger partial charge in [0.1, 0.15) is 13.2 Å². The number of carbonyl (C=O) groups excluding carboxylic acids is 3. The Morgan fingerprint density at radius 2 is 0.481 bits per heavy atom. The number of hydrogen-bond donors (Lipinski definition) is 0. The van der Waals surface area contributed by atoms with Gasteiger partial charge in [-0.3, -0.25) is 14.4 Å². The van der Waals surface area contributed by atoms with Crippen molar-refractivity contribution in [3.8, 4) is 0 Å². The van der Waals surface area contributed by atoms with Crippen LogP contribution in [-0.2, 0) is 28.6 Å². The molecule has 0 aromatic heterocycles.